The summed E-state index contributed by atoms with van der Waals surface area (Å²) in [5.41, 5.74) is 2.32. The lowest BCUT2D eigenvalue weighted by Gasteiger charge is -2.34. The Labute approximate surface area is 171 Å². The van der Waals surface area contributed by atoms with Crippen molar-refractivity contribution < 1.29 is 14.8 Å². The minimum atomic E-state index is -0.540. The van der Waals surface area contributed by atoms with E-state index in [0.717, 1.165) is 42.1 Å². The summed E-state index contributed by atoms with van der Waals surface area (Å²) in [6.45, 7) is 3.60. The van der Waals surface area contributed by atoms with Crippen LogP contribution in [0, 0.1) is 0 Å². The third-order valence-corrected chi connectivity index (χ3v) is 5.94. The lowest BCUT2D eigenvalue weighted by atomic mass is 10.2. The van der Waals surface area contributed by atoms with Crippen molar-refractivity contribution in [1.82, 2.24) is 15.4 Å². The Balaban J connectivity index is 1.32. The number of aromatic nitrogens is 1. The van der Waals surface area contributed by atoms with Crippen LogP contribution in [0.4, 0.5) is 11.5 Å². The molecule has 1 aliphatic rings. The molecule has 3 aromatic rings. The standard InChI is InChI=1S/C20H21N5O3S/c26-19(13-24-7-9-25(10-8-24)18-3-1-2-6-21-18)22-15-5-4-14-11-17(20(27)23-28)29-16(14)12-15/h1-6,11-12,28H,7-10,13H2,(H,22,26)(H,23,27). The number of hydrogen-bond donors (Lipinski definition) is 3. The van der Waals surface area contributed by atoms with Crippen LogP contribution < -0.4 is 15.7 Å². The maximum absolute atomic E-state index is 12.5. The van der Waals surface area contributed by atoms with Gasteiger partial charge < -0.3 is 10.2 Å². The molecule has 0 spiro atoms. The topological polar surface area (TPSA) is 97.8 Å². The Kier molecular flexibility index (Phi) is 5.70. The third kappa shape index (κ3) is 4.53. The van der Waals surface area contributed by atoms with Crippen molar-refractivity contribution in [2.75, 3.05) is 42.9 Å². The summed E-state index contributed by atoms with van der Waals surface area (Å²) < 4.78 is 0.866. The SMILES string of the molecule is O=C(CN1CCN(c2ccccn2)CC1)Nc1ccc2cc(C(=O)NO)sc2c1. The molecular formula is C20H21N5O3S. The number of piperazine rings is 1. The van der Waals surface area contributed by atoms with E-state index in [1.807, 2.05) is 36.4 Å². The second kappa shape index (κ2) is 8.56. The van der Waals surface area contributed by atoms with Gasteiger partial charge in [-0.25, -0.2) is 10.5 Å². The molecule has 1 aliphatic heterocycles. The number of hydrogen-bond acceptors (Lipinski definition) is 7. The number of rotatable bonds is 5. The Morgan fingerprint density at radius 3 is 2.66 bits per heavy atom. The first-order chi connectivity index (χ1) is 14.1. The molecule has 0 aliphatic carbocycles. The fourth-order valence-electron chi connectivity index (χ4n) is 3.36. The maximum Gasteiger partial charge on any atom is 0.284 e. The molecule has 2 amide bonds. The van der Waals surface area contributed by atoms with E-state index in [-0.39, 0.29) is 5.91 Å². The van der Waals surface area contributed by atoms with Crippen LogP contribution in [0.25, 0.3) is 10.1 Å². The highest BCUT2D eigenvalue weighted by atomic mass is 32.1. The van der Waals surface area contributed by atoms with Gasteiger partial charge in [0.05, 0.1) is 11.4 Å². The van der Waals surface area contributed by atoms with E-state index in [1.54, 1.807) is 17.7 Å². The number of anilines is 2. The number of pyridine rings is 1. The molecule has 8 nitrogen and oxygen atoms in total. The second-order valence-electron chi connectivity index (χ2n) is 6.80. The van der Waals surface area contributed by atoms with Gasteiger partial charge in [-0.05, 0) is 35.7 Å². The molecule has 1 saturated heterocycles. The van der Waals surface area contributed by atoms with Crippen molar-refractivity contribution in [3.05, 3.63) is 53.5 Å². The summed E-state index contributed by atoms with van der Waals surface area (Å²) >= 11 is 1.26. The van der Waals surface area contributed by atoms with Gasteiger partial charge in [-0.15, -0.1) is 11.3 Å². The van der Waals surface area contributed by atoms with E-state index in [4.69, 9.17) is 5.21 Å². The zero-order valence-electron chi connectivity index (χ0n) is 15.7. The van der Waals surface area contributed by atoms with Crippen molar-refractivity contribution in [2.24, 2.45) is 0 Å². The Morgan fingerprint density at radius 2 is 1.93 bits per heavy atom. The number of nitrogens with one attached hydrogen (secondary N) is 2. The van der Waals surface area contributed by atoms with Gasteiger partial charge in [0.25, 0.3) is 5.91 Å². The Morgan fingerprint density at radius 1 is 1.10 bits per heavy atom. The van der Waals surface area contributed by atoms with Gasteiger partial charge in [-0.3, -0.25) is 19.7 Å². The minimum absolute atomic E-state index is 0.0690. The summed E-state index contributed by atoms with van der Waals surface area (Å²) in [6, 6.07) is 13.1. The number of carbonyl (C=O) groups is 2. The van der Waals surface area contributed by atoms with Crippen LogP contribution in [0.3, 0.4) is 0 Å². The number of nitrogens with zero attached hydrogens (tertiary/aromatic N) is 3. The summed E-state index contributed by atoms with van der Waals surface area (Å²) in [5.74, 6) is 0.359. The Hall–Kier alpha value is -3.01. The van der Waals surface area contributed by atoms with E-state index in [0.29, 0.717) is 17.1 Å². The monoisotopic (exact) mass is 411 g/mol. The number of fused-ring (bicyclic) bond motifs is 1. The van der Waals surface area contributed by atoms with Crippen LogP contribution in [-0.4, -0.2) is 59.6 Å². The van der Waals surface area contributed by atoms with Gasteiger partial charge in [0.15, 0.2) is 0 Å². The lowest BCUT2D eigenvalue weighted by molar-refractivity contribution is -0.117. The summed E-state index contributed by atoms with van der Waals surface area (Å²) in [7, 11) is 0. The number of thiophene rings is 1. The summed E-state index contributed by atoms with van der Waals surface area (Å²) in [6.07, 6.45) is 1.79. The molecule has 0 radical (unpaired) electrons. The van der Waals surface area contributed by atoms with Crippen molar-refractivity contribution in [3.8, 4) is 0 Å². The average molecular weight is 411 g/mol. The average Bonchev–Trinajstić information content (AvgIpc) is 3.18. The van der Waals surface area contributed by atoms with Crippen LogP contribution in [0.15, 0.2) is 48.7 Å². The fourth-order valence-corrected chi connectivity index (χ4v) is 4.35. The predicted molar refractivity (Wildman–Crippen MR) is 113 cm³/mol. The third-order valence-electron chi connectivity index (χ3n) is 4.84. The van der Waals surface area contributed by atoms with E-state index in [2.05, 4.69) is 20.1 Å². The molecule has 29 heavy (non-hydrogen) atoms. The number of benzene rings is 1. The molecule has 2 aromatic heterocycles. The van der Waals surface area contributed by atoms with Crippen molar-refractivity contribution in [3.63, 3.8) is 0 Å². The second-order valence-corrected chi connectivity index (χ2v) is 7.89. The molecular weight excluding hydrogens is 390 g/mol. The van der Waals surface area contributed by atoms with Crippen molar-refractivity contribution in [1.29, 1.82) is 0 Å². The number of hydroxylamine groups is 1. The molecule has 0 unspecified atom stereocenters. The van der Waals surface area contributed by atoms with Crippen LogP contribution in [0.2, 0.25) is 0 Å². The first-order valence-electron chi connectivity index (χ1n) is 9.28. The van der Waals surface area contributed by atoms with E-state index < -0.39 is 5.91 Å². The first kappa shape index (κ1) is 19.3. The minimum Gasteiger partial charge on any atom is -0.354 e. The van der Waals surface area contributed by atoms with Gasteiger partial charge in [0, 0.05) is 42.8 Å². The molecule has 4 rings (SSSR count). The summed E-state index contributed by atoms with van der Waals surface area (Å²) in [4.78, 5) is 33.1. The lowest BCUT2D eigenvalue weighted by Crippen LogP contribution is -2.48. The highest BCUT2D eigenvalue weighted by Gasteiger charge is 2.20. The van der Waals surface area contributed by atoms with Gasteiger partial charge in [-0.2, -0.15) is 0 Å². The maximum atomic E-state index is 12.5. The largest absolute Gasteiger partial charge is 0.354 e. The Bertz CT molecular complexity index is 1020. The van der Waals surface area contributed by atoms with Gasteiger partial charge in [-0.1, -0.05) is 12.1 Å². The van der Waals surface area contributed by atoms with Crippen LogP contribution in [-0.2, 0) is 4.79 Å². The smallest absolute Gasteiger partial charge is 0.284 e. The van der Waals surface area contributed by atoms with Crippen LogP contribution in [0.1, 0.15) is 9.67 Å². The zero-order chi connectivity index (χ0) is 20.2. The summed E-state index contributed by atoms with van der Waals surface area (Å²) in [5, 5.41) is 12.6. The molecule has 1 fully saturated rings. The van der Waals surface area contributed by atoms with Crippen LogP contribution in [0.5, 0.6) is 0 Å². The van der Waals surface area contributed by atoms with E-state index in [9.17, 15) is 9.59 Å². The highest BCUT2D eigenvalue weighted by molar-refractivity contribution is 7.20. The molecule has 3 heterocycles. The van der Waals surface area contributed by atoms with Crippen molar-refractivity contribution in [2.45, 2.75) is 0 Å². The molecule has 1 aromatic carbocycles. The molecule has 0 bridgehead atoms. The van der Waals surface area contributed by atoms with Gasteiger partial charge in [0.2, 0.25) is 5.91 Å². The van der Waals surface area contributed by atoms with Crippen LogP contribution >= 0.6 is 11.3 Å². The van der Waals surface area contributed by atoms with E-state index >= 15 is 0 Å². The van der Waals surface area contributed by atoms with Crippen molar-refractivity contribution >= 4 is 44.7 Å². The first-order valence-corrected chi connectivity index (χ1v) is 10.1. The number of amides is 2. The normalized spacial score (nSPS) is 14.7. The number of carbonyl (C=O) groups excluding carboxylic acids is 2. The molecule has 3 N–H and O–H groups in total. The fraction of sp³-hybridized carbons (Fsp3) is 0.250. The molecule has 9 heteroatoms. The molecule has 150 valence electrons. The van der Waals surface area contributed by atoms with Gasteiger partial charge >= 0.3 is 0 Å². The molecule has 0 atom stereocenters. The highest BCUT2D eigenvalue weighted by Crippen LogP contribution is 2.28. The predicted octanol–water partition coefficient (Wildman–Crippen LogP) is 2.18. The van der Waals surface area contributed by atoms with Gasteiger partial charge in [0.1, 0.15) is 5.82 Å². The van der Waals surface area contributed by atoms with E-state index in [1.165, 1.54) is 11.3 Å². The molecule has 0 saturated carbocycles. The quantitative estimate of drug-likeness (QED) is 0.440. The zero-order valence-corrected chi connectivity index (χ0v) is 16.5.